The number of hydrogen-bond donors (Lipinski definition) is 1. The van der Waals surface area contributed by atoms with Crippen LogP contribution in [0, 0.1) is 0 Å². The maximum Gasteiger partial charge on any atom is 0.349 e. The molecule has 0 aliphatic rings. The smallest absolute Gasteiger partial charge is 0.349 e. The Balaban J connectivity index is 4.05. The summed E-state index contributed by atoms with van der Waals surface area (Å²) < 4.78 is 11.6. The molecule has 0 aliphatic heterocycles. The molecule has 0 fully saturated rings. The third kappa shape index (κ3) is 5.41. The second-order valence-corrected chi connectivity index (χ2v) is 6.58. The first-order chi connectivity index (χ1) is 6.08. The molecule has 2 atom stereocenters. The standard InChI is InChI=1S/C9H23NO2Si/c1-6-9(3)12-13(5,8-10-4)11-7-2/h9-10H,6-8H2,1-5H3. The van der Waals surface area contributed by atoms with E-state index < -0.39 is 8.56 Å². The molecule has 80 valence electrons. The minimum absolute atomic E-state index is 0.302. The van der Waals surface area contributed by atoms with Gasteiger partial charge in [0, 0.05) is 18.9 Å². The van der Waals surface area contributed by atoms with Crippen molar-refractivity contribution in [1.29, 1.82) is 0 Å². The van der Waals surface area contributed by atoms with Crippen molar-refractivity contribution in [3.8, 4) is 0 Å². The van der Waals surface area contributed by atoms with E-state index in [2.05, 4.69) is 25.7 Å². The molecule has 0 aromatic rings. The molecule has 0 aromatic carbocycles. The maximum atomic E-state index is 5.92. The van der Waals surface area contributed by atoms with Crippen molar-refractivity contribution in [2.45, 2.75) is 39.8 Å². The average molecular weight is 205 g/mol. The fourth-order valence-electron chi connectivity index (χ4n) is 1.26. The molecular formula is C9H23NO2Si. The van der Waals surface area contributed by atoms with Gasteiger partial charge in [0.25, 0.3) is 0 Å². The average Bonchev–Trinajstić information content (AvgIpc) is 2.04. The summed E-state index contributed by atoms with van der Waals surface area (Å²) in [5.74, 6) is 0. The molecule has 3 nitrogen and oxygen atoms in total. The van der Waals surface area contributed by atoms with Crippen molar-refractivity contribution >= 4 is 8.56 Å². The molecule has 0 saturated heterocycles. The highest BCUT2D eigenvalue weighted by atomic mass is 28.4. The van der Waals surface area contributed by atoms with Crippen molar-refractivity contribution in [2.24, 2.45) is 0 Å². The third-order valence-corrected chi connectivity index (χ3v) is 4.77. The van der Waals surface area contributed by atoms with E-state index >= 15 is 0 Å². The van der Waals surface area contributed by atoms with Crippen molar-refractivity contribution in [1.82, 2.24) is 5.32 Å². The van der Waals surface area contributed by atoms with Crippen molar-refractivity contribution < 1.29 is 8.85 Å². The Hall–Kier alpha value is 0.0969. The summed E-state index contributed by atoms with van der Waals surface area (Å²) in [7, 11) is -0.00982. The van der Waals surface area contributed by atoms with E-state index in [1.165, 1.54) is 0 Å². The summed E-state index contributed by atoms with van der Waals surface area (Å²) in [6.07, 6.45) is 2.20. The highest BCUT2D eigenvalue weighted by molar-refractivity contribution is 6.66. The zero-order valence-corrected chi connectivity index (χ0v) is 10.5. The second kappa shape index (κ2) is 6.54. The van der Waals surface area contributed by atoms with Gasteiger partial charge in [0.1, 0.15) is 0 Å². The highest BCUT2D eigenvalue weighted by Crippen LogP contribution is 2.11. The molecule has 0 radical (unpaired) electrons. The van der Waals surface area contributed by atoms with Crippen molar-refractivity contribution in [3.63, 3.8) is 0 Å². The quantitative estimate of drug-likeness (QED) is 0.641. The van der Waals surface area contributed by atoms with Crippen LogP contribution in [0.5, 0.6) is 0 Å². The summed E-state index contributed by atoms with van der Waals surface area (Å²) in [6, 6.07) is 0. The maximum absolute atomic E-state index is 5.92. The van der Waals surface area contributed by atoms with Gasteiger partial charge in [0.15, 0.2) is 0 Å². The first kappa shape index (κ1) is 13.1. The summed E-state index contributed by atoms with van der Waals surface area (Å²) in [5, 5.41) is 3.13. The number of nitrogens with one attached hydrogen (secondary N) is 1. The topological polar surface area (TPSA) is 30.5 Å². The lowest BCUT2D eigenvalue weighted by molar-refractivity contribution is 0.127. The van der Waals surface area contributed by atoms with Gasteiger partial charge < -0.3 is 14.2 Å². The van der Waals surface area contributed by atoms with Crippen molar-refractivity contribution in [2.75, 3.05) is 19.8 Å². The summed E-state index contributed by atoms with van der Waals surface area (Å²) in [5.41, 5.74) is 0. The van der Waals surface area contributed by atoms with E-state index in [1.54, 1.807) is 0 Å². The molecule has 2 unspecified atom stereocenters. The van der Waals surface area contributed by atoms with Gasteiger partial charge in [-0.15, -0.1) is 0 Å². The Bertz CT molecular complexity index is 127. The van der Waals surface area contributed by atoms with E-state index in [0.29, 0.717) is 6.10 Å². The van der Waals surface area contributed by atoms with Gasteiger partial charge in [-0.2, -0.15) is 0 Å². The fraction of sp³-hybridized carbons (Fsp3) is 1.00. The van der Waals surface area contributed by atoms with Gasteiger partial charge in [-0.25, -0.2) is 0 Å². The van der Waals surface area contributed by atoms with Crippen LogP contribution in [0.2, 0.25) is 6.55 Å². The molecule has 0 aliphatic carbocycles. The van der Waals surface area contributed by atoms with Gasteiger partial charge >= 0.3 is 8.56 Å². The largest absolute Gasteiger partial charge is 0.394 e. The van der Waals surface area contributed by atoms with Gasteiger partial charge in [-0.05, 0) is 33.9 Å². The number of rotatable bonds is 7. The third-order valence-electron chi connectivity index (χ3n) is 1.97. The molecule has 0 amide bonds. The van der Waals surface area contributed by atoms with Crippen LogP contribution in [-0.4, -0.2) is 34.5 Å². The predicted octanol–water partition coefficient (Wildman–Crippen LogP) is 1.67. The van der Waals surface area contributed by atoms with Crippen molar-refractivity contribution in [3.05, 3.63) is 0 Å². The molecule has 0 rings (SSSR count). The molecule has 0 bridgehead atoms. The molecule has 0 heterocycles. The van der Waals surface area contributed by atoms with Gasteiger partial charge in [-0.1, -0.05) is 6.92 Å². The molecule has 0 aromatic heterocycles. The Morgan fingerprint density at radius 3 is 2.38 bits per heavy atom. The van der Waals surface area contributed by atoms with E-state index in [4.69, 9.17) is 8.85 Å². The summed E-state index contributed by atoms with van der Waals surface area (Å²) >= 11 is 0. The summed E-state index contributed by atoms with van der Waals surface area (Å²) in [6.45, 7) is 9.09. The molecule has 13 heavy (non-hydrogen) atoms. The molecule has 4 heteroatoms. The normalized spacial score (nSPS) is 18.2. The van der Waals surface area contributed by atoms with E-state index in [1.807, 2.05) is 14.0 Å². The lowest BCUT2D eigenvalue weighted by Gasteiger charge is -2.29. The van der Waals surface area contributed by atoms with Gasteiger partial charge in [0.05, 0.1) is 0 Å². The minimum Gasteiger partial charge on any atom is -0.394 e. The van der Waals surface area contributed by atoms with Crippen LogP contribution < -0.4 is 5.32 Å². The fourth-order valence-corrected chi connectivity index (χ4v) is 3.79. The Kier molecular flexibility index (Phi) is 6.58. The zero-order chi connectivity index (χ0) is 10.3. The molecular weight excluding hydrogens is 182 g/mol. The molecule has 0 saturated carbocycles. The first-order valence-corrected chi connectivity index (χ1v) is 7.56. The molecule has 0 spiro atoms. The second-order valence-electron chi connectivity index (χ2n) is 3.43. The van der Waals surface area contributed by atoms with Crippen LogP contribution in [0.4, 0.5) is 0 Å². The minimum atomic E-state index is -1.94. The summed E-state index contributed by atoms with van der Waals surface area (Å²) in [4.78, 5) is 0. The Labute approximate surface area is 83.1 Å². The number of hydrogen-bond acceptors (Lipinski definition) is 3. The Morgan fingerprint density at radius 1 is 1.38 bits per heavy atom. The molecule has 1 N–H and O–H groups in total. The van der Waals surface area contributed by atoms with E-state index in [9.17, 15) is 0 Å². The SMILES string of the molecule is CCO[Si](C)(CNC)OC(C)CC. The lowest BCUT2D eigenvalue weighted by atomic mass is 10.3. The van der Waals surface area contributed by atoms with Crippen LogP contribution in [0.25, 0.3) is 0 Å². The van der Waals surface area contributed by atoms with Gasteiger partial charge in [-0.3, -0.25) is 0 Å². The predicted molar refractivity (Wildman–Crippen MR) is 58.0 cm³/mol. The van der Waals surface area contributed by atoms with Crippen LogP contribution in [-0.2, 0) is 8.85 Å². The first-order valence-electron chi connectivity index (χ1n) is 5.04. The Morgan fingerprint density at radius 2 is 2.00 bits per heavy atom. The lowest BCUT2D eigenvalue weighted by Crippen LogP contribution is -2.49. The monoisotopic (exact) mass is 205 g/mol. The van der Waals surface area contributed by atoms with E-state index in [0.717, 1.165) is 19.2 Å². The van der Waals surface area contributed by atoms with Crippen LogP contribution >= 0.6 is 0 Å². The van der Waals surface area contributed by atoms with Crippen LogP contribution in [0.1, 0.15) is 27.2 Å². The van der Waals surface area contributed by atoms with Crippen LogP contribution in [0.15, 0.2) is 0 Å². The zero-order valence-electron chi connectivity index (χ0n) is 9.52. The van der Waals surface area contributed by atoms with Gasteiger partial charge in [0.2, 0.25) is 0 Å². The van der Waals surface area contributed by atoms with E-state index in [-0.39, 0.29) is 0 Å². The highest BCUT2D eigenvalue weighted by Gasteiger charge is 2.31. The van der Waals surface area contributed by atoms with Crippen LogP contribution in [0.3, 0.4) is 0 Å².